The van der Waals surface area contributed by atoms with Crippen LogP contribution >= 0.6 is 11.8 Å². The van der Waals surface area contributed by atoms with Crippen molar-refractivity contribution in [3.8, 4) is 0 Å². The molecule has 5 N–H and O–H groups in total. The van der Waals surface area contributed by atoms with Crippen molar-refractivity contribution in [3.63, 3.8) is 0 Å². The number of nitrogens with zero attached hydrogens (tertiary/aromatic N) is 4. The lowest BCUT2D eigenvalue weighted by molar-refractivity contribution is -0.152. The molecule has 35 heavy (non-hydrogen) atoms. The number of carbonyl (C=O) groups excluding carboxylic acids is 4. The summed E-state index contributed by atoms with van der Waals surface area (Å²) in [7, 11) is 0. The molecule has 1 aromatic carbocycles. The summed E-state index contributed by atoms with van der Waals surface area (Å²) in [6.45, 7) is 5.83. The highest BCUT2D eigenvalue weighted by molar-refractivity contribution is 8.01. The van der Waals surface area contributed by atoms with Gasteiger partial charge >= 0.3 is 6.03 Å². The van der Waals surface area contributed by atoms with E-state index >= 15 is 0 Å². The Labute approximate surface area is 205 Å². The number of fused-ring (bicyclic) bond motifs is 1. The van der Waals surface area contributed by atoms with Crippen molar-refractivity contribution in [3.05, 3.63) is 41.7 Å². The fraction of sp³-hybridized carbons (Fsp3) is 0.476. The number of amides is 5. The van der Waals surface area contributed by atoms with Gasteiger partial charge < -0.3 is 26.2 Å². The Bertz CT molecular complexity index is 1100. The van der Waals surface area contributed by atoms with Gasteiger partial charge in [0.2, 0.25) is 17.7 Å². The van der Waals surface area contributed by atoms with E-state index in [1.54, 1.807) is 53.9 Å². The maximum absolute atomic E-state index is 13.3. The third-order valence-corrected chi connectivity index (χ3v) is 7.36. The molecule has 14 heteroatoms. The molecule has 0 radical (unpaired) electrons. The van der Waals surface area contributed by atoms with Crippen LogP contribution in [-0.2, 0) is 14.4 Å². The quantitative estimate of drug-likeness (QED) is 0.304. The molecule has 3 heterocycles. The molecule has 2 aliphatic heterocycles. The first-order valence-corrected chi connectivity index (χ1v) is 12.0. The number of benzene rings is 1. The minimum absolute atomic E-state index is 0.257. The first kappa shape index (κ1) is 24.4. The Morgan fingerprint density at radius 3 is 2.60 bits per heavy atom. The minimum Gasteiger partial charge on any atom is -0.340 e. The Morgan fingerprint density at radius 2 is 1.94 bits per heavy atom. The number of aromatic amines is 1. The van der Waals surface area contributed by atoms with Gasteiger partial charge in [0, 0.05) is 11.3 Å². The summed E-state index contributed by atoms with van der Waals surface area (Å²) in [5.74, 6) is -0.915. The molecule has 5 amide bonds. The Morgan fingerprint density at radius 1 is 1.20 bits per heavy atom. The fourth-order valence-electron chi connectivity index (χ4n) is 4.23. The van der Waals surface area contributed by atoms with Gasteiger partial charge in [-0.2, -0.15) is 5.21 Å². The van der Waals surface area contributed by atoms with Gasteiger partial charge in [0.05, 0.1) is 6.54 Å². The summed E-state index contributed by atoms with van der Waals surface area (Å²) in [6, 6.07) is 6.01. The number of carbonyl (C=O) groups is 4. The van der Waals surface area contributed by atoms with E-state index in [2.05, 4.69) is 41.9 Å². The van der Waals surface area contributed by atoms with Crippen molar-refractivity contribution in [1.82, 2.24) is 46.8 Å². The van der Waals surface area contributed by atoms with Crippen molar-refractivity contribution in [1.29, 1.82) is 0 Å². The molecule has 2 aromatic rings. The number of tetrazole rings is 1. The number of aromatic nitrogens is 4. The summed E-state index contributed by atoms with van der Waals surface area (Å²) in [4.78, 5) is 52.1. The van der Waals surface area contributed by atoms with Gasteiger partial charge in [-0.1, -0.05) is 35.5 Å². The first-order chi connectivity index (χ1) is 16.7. The van der Waals surface area contributed by atoms with Crippen LogP contribution < -0.4 is 21.3 Å². The molecule has 2 aliphatic rings. The molecular formula is C21H27N9O4S. The third kappa shape index (κ3) is 4.92. The second kappa shape index (κ2) is 9.90. The first-order valence-electron chi connectivity index (χ1n) is 11.1. The van der Waals surface area contributed by atoms with E-state index in [9.17, 15) is 19.2 Å². The number of β-lactam (4-membered cyclic amide) rings is 1. The fourth-order valence-corrected chi connectivity index (χ4v) is 5.86. The van der Waals surface area contributed by atoms with Crippen LogP contribution in [0.4, 0.5) is 4.79 Å². The monoisotopic (exact) mass is 501 g/mol. The van der Waals surface area contributed by atoms with Crippen LogP contribution in [0.3, 0.4) is 0 Å². The molecule has 0 saturated carbocycles. The highest BCUT2D eigenvalue weighted by Gasteiger charge is 2.63. The smallest absolute Gasteiger partial charge is 0.315 e. The van der Waals surface area contributed by atoms with Crippen LogP contribution in [0.2, 0.25) is 0 Å². The normalized spacial score (nSPS) is 23.0. The summed E-state index contributed by atoms with van der Waals surface area (Å²) < 4.78 is -0.401. The Balaban J connectivity index is 1.45. The molecule has 3 unspecified atom stereocenters. The van der Waals surface area contributed by atoms with Crippen LogP contribution in [0.25, 0.3) is 0 Å². The van der Waals surface area contributed by atoms with Crippen LogP contribution in [0.1, 0.15) is 44.2 Å². The number of rotatable bonds is 8. The number of hydrogen-bond donors (Lipinski definition) is 5. The van der Waals surface area contributed by atoms with Crippen LogP contribution in [0.5, 0.6) is 0 Å². The second-order valence-corrected chi connectivity index (χ2v) is 10.4. The molecule has 2 saturated heterocycles. The maximum atomic E-state index is 13.3. The predicted octanol–water partition coefficient (Wildman–Crippen LogP) is -0.404. The van der Waals surface area contributed by atoms with Crippen LogP contribution in [0, 0.1) is 0 Å². The average Bonchev–Trinajstić information content (AvgIpc) is 3.44. The van der Waals surface area contributed by atoms with E-state index in [1.165, 1.54) is 0 Å². The zero-order valence-electron chi connectivity index (χ0n) is 19.4. The third-order valence-electron chi connectivity index (χ3n) is 5.79. The molecule has 4 atom stereocenters. The molecule has 0 aliphatic carbocycles. The number of hydrogen-bond acceptors (Lipinski definition) is 8. The highest BCUT2D eigenvalue weighted by atomic mass is 32.2. The topological polar surface area (TPSA) is 174 Å². The molecule has 186 valence electrons. The van der Waals surface area contributed by atoms with Crippen molar-refractivity contribution in [2.75, 3.05) is 13.1 Å². The zero-order valence-corrected chi connectivity index (χ0v) is 20.3. The Hall–Kier alpha value is -3.68. The van der Waals surface area contributed by atoms with Gasteiger partial charge in [0.15, 0.2) is 5.82 Å². The molecule has 1 aromatic heterocycles. The van der Waals surface area contributed by atoms with Crippen molar-refractivity contribution in [2.24, 2.45) is 0 Å². The zero-order chi connectivity index (χ0) is 25.2. The molecule has 0 bridgehead atoms. The number of thioether (sulfide) groups is 1. The van der Waals surface area contributed by atoms with E-state index in [4.69, 9.17) is 0 Å². The molecular weight excluding hydrogens is 474 g/mol. The van der Waals surface area contributed by atoms with Gasteiger partial charge in [-0.3, -0.25) is 14.4 Å². The average molecular weight is 502 g/mol. The lowest BCUT2D eigenvalue weighted by Crippen LogP contribution is -2.68. The summed E-state index contributed by atoms with van der Waals surface area (Å²) in [5, 5.41) is 24.2. The maximum Gasteiger partial charge on any atom is 0.315 e. The Kier molecular flexibility index (Phi) is 6.91. The minimum atomic E-state index is -1.05. The molecule has 0 spiro atoms. The van der Waals surface area contributed by atoms with Crippen molar-refractivity contribution in [2.45, 2.75) is 49.0 Å². The van der Waals surface area contributed by atoms with Gasteiger partial charge in [0.25, 0.3) is 0 Å². The van der Waals surface area contributed by atoms with Gasteiger partial charge in [0.1, 0.15) is 23.5 Å². The summed E-state index contributed by atoms with van der Waals surface area (Å²) in [5.41, 5.74) is 0.545. The van der Waals surface area contributed by atoms with Crippen molar-refractivity contribution >= 4 is 35.5 Å². The van der Waals surface area contributed by atoms with Gasteiger partial charge in [-0.15, -0.1) is 22.0 Å². The largest absolute Gasteiger partial charge is 0.340 e. The highest BCUT2D eigenvalue weighted by Crippen LogP contribution is 2.56. The number of urea groups is 1. The van der Waals surface area contributed by atoms with E-state index < -0.39 is 34.7 Å². The lowest BCUT2D eigenvalue weighted by atomic mass is 9.95. The number of H-pyrrole nitrogens is 1. The van der Waals surface area contributed by atoms with E-state index in [0.29, 0.717) is 17.9 Å². The summed E-state index contributed by atoms with van der Waals surface area (Å²) >= 11 is 1.54. The van der Waals surface area contributed by atoms with Crippen LogP contribution in [0.15, 0.2) is 30.3 Å². The SMILES string of the molecule is CCNC(=O)NCC(=O)NC(C(=O)NC1C(=O)N2C(c3nn[nH]n3)C(C)(C)S[C@H]12)c1ccccc1. The van der Waals surface area contributed by atoms with Gasteiger partial charge in [-0.25, -0.2) is 4.79 Å². The molecule has 4 rings (SSSR count). The van der Waals surface area contributed by atoms with E-state index in [0.717, 1.165) is 0 Å². The van der Waals surface area contributed by atoms with Gasteiger partial charge in [-0.05, 0) is 26.3 Å². The predicted molar refractivity (Wildman–Crippen MR) is 126 cm³/mol. The molecule has 13 nitrogen and oxygen atoms in total. The second-order valence-electron chi connectivity index (χ2n) is 8.64. The summed E-state index contributed by atoms with van der Waals surface area (Å²) in [6.07, 6.45) is 0. The standard InChI is InChI=1S/C21H27N9O4S/c1-4-22-20(34)23-10-12(31)24-13(11-8-6-5-7-9-11)17(32)25-14-18(33)30-15(16-26-28-29-27-16)21(2,3)35-19(14)30/h5-9,13-15,19H,4,10H2,1-3H3,(H,24,31)(H,25,32)(H2,22,23,34)(H,26,27,28,29)/t13?,14?,15?,19-/m1/s1. The lowest BCUT2D eigenvalue weighted by Gasteiger charge is -2.44. The van der Waals surface area contributed by atoms with Crippen molar-refractivity contribution < 1.29 is 19.2 Å². The molecule has 2 fully saturated rings. The van der Waals surface area contributed by atoms with E-state index in [1.807, 2.05) is 13.8 Å². The van der Waals surface area contributed by atoms with Crippen LogP contribution in [-0.4, -0.2) is 78.5 Å². The van der Waals surface area contributed by atoms with E-state index in [-0.39, 0.29) is 23.9 Å². The number of nitrogens with one attached hydrogen (secondary N) is 5.